The monoisotopic (exact) mass is 1440 g/mol. The number of nitrogens with zero attached hydrogens (tertiary/aromatic N) is 7. The van der Waals surface area contributed by atoms with Crippen LogP contribution in [0.2, 0.25) is 0 Å². The van der Waals surface area contributed by atoms with Gasteiger partial charge < -0.3 is 65.4 Å². The molecule has 0 unspecified atom stereocenters. The molecule has 0 radical (unpaired) electrons. The predicted molar refractivity (Wildman–Crippen MR) is 387 cm³/mol. The van der Waals surface area contributed by atoms with Crippen LogP contribution in [-0.2, 0) is 71.8 Å². The molecule has 101 heavy (non-hydrogen) atoms. The normalized spacial score (nSPS) is 24.6. The lowest BCUT2D eigenvalue weighted by Gasteiger charge is -2.41. The summed E-state index contributed by atoms with van der Waals surface area (Å²) in [5.41, 5.74) is 0.944. The van der Waals surface area contributed by atoms with Crippen LogP contribution in [0.5, 0.6) is 0 Å². The molecule has 27 nitrogen and oxygen atoms in total. The van der Waals surface area contributed by atoms with Crippen molar-refractivity contribution in [3.8, 4) is 0 Å². The Morgan fingerprint density at radius 1 is 0.554 bits per heavy atom. The smallest absolute Gasteiger partial charge is 0.297 e. The molecule has 11 amide bonds. The molecule has 1 aliphatic rings. The maximum Gasteiger partial charge on any atom is 0.297 e. The molecular weight excluding hydrogens is 1320 g/mol. The second-order valence-corrected chi connectivity index (χ2v) is 31.3. The van der Waals surface area contributed by atoms with Gasteiger partial charge in [0.15, 0.2) is 0 Å². The summed E-state index contributed by atoms with van der Waals surface area (Å²) >= 11 is 0. The van der Waals surface area contributed by atoms with Gasteiger partial charge >= 0.3 is 0 Å². The zero-order valence-electron chi connectivity index (χ0n) is 64.7. The second-order valence-electron chi connectivity index (χ2n) is 29.7. The van der Waals surface area contributed by atoms with Gasteiger partial charge in [0.05, 0.1) is 37.4 Å². The molecule has 0 aromatic heterocycles. The van der Waals surface area contributed by atoms with Gasteiger partial charge in [-0.25, -0.2) is 0 Å². The molecule has 5 N–H and O–H groups in total. The number of likely N-dealkylation sites (N-methyl/N-ethyl adjacent to an activating group) is 7. The van der Waals surface area contributed by atoms with E-state index < -0.39 is 179 Å². The summed E-state index contributed by atoms with van der Waals surface area (Å²) in [6.45, 7) is 31.5. The van der Waals surface area contributed by atoms with E-state index in [-0.39, 0.29) is 79.3 Å². The third kappa shape index (κ3) is 26.2. The van der Waals surface area contributed by atoms with Crippen LogP contribution in [0.4, 0.5) is 0 Å². The zero-order chi connectivity index (χ0) is 77.6. The summed E-state index contributed by atoms with van der Waals surface area (Å²) in [5.74, 6) is -11.1. The van der Waals surface area contributed by atoms with Crippen LogP contribution in [0.1, 0.15) is 155 Å². The molecule has 2 rings (SSSR count). The van der Waals surface area contributed by atoms with Crippen LogP contribution in [0, 0.1) is 48.3 Å². The Labute approximate surface area is 602 Å². The lowest BCUT2D eigenvalue weighted by Crippen LogP contribution is -2.63. The Bertz CT molecular complexity index is 3140. The molecule has 572 valence electrons. The van der Waals surface area contributed by atoms with Crippen LogP contribution in [0.25, 0.3) is 0 Å². The van der Waals surface area contributed by atoms with Crippen molar-refractivity contribution in [1.29, 1.82) is 0 Å². The first-order chi connectivity index (χ1) is 46.8. The van der Waals surface area contributed by atoms with Gasteiger partial charge in [0.2, 0.25) is 65.0 Å². The molecule has 0 saturated carbocycles. The van der Waals surface area contributed by atoms with Gasteiger partial charge in [0, 0.05) is 49.3 Å². The minimum Gasteiger partial charge on any atom is -0.390 e. The summed E-state index contributed by atoms with van der Waals surface area (Å²) in [6, 6.07) is -7.62. The average molecular weight is 1440 g/mol. The van der Waals surface area contributed by atoms with E-state index in [0.717, 1.165) is 20.3 Å². The average Bonchev–Trinajstić information content (AvgIpc) is 0.806. The highest BCUT2D eigenvalue weighted by Gasteiger charge is 2.46. The fourth-order valence-corrected chi connectivity index (χ4v) is 12.9. The third-order valence-corrected chi connectivity index (χ3v) is 19.6. The van der Waals surface area contributed by atoms with E-state index in [9.17, 15) is 47.1 Å². The highest BCUT2D eigenvalue weighted by atomic mass is 32.2. The number of allylic oxidation sites excluding steroid dienone is 2. The Morgan fingerprint density at radius 2 is 1.01 bits per heavy atom. The zero-order valence-corrected chi connectivity index (χ0v) is 65.6. The predicted octanol–water partition coefficient (Wildman–Crippen LogP) is 4.54. The minimum atomic E-state index is -4.25. The van der Waals surface area contributed by atoms with Crippen molar-refractivity contribution >= 4 is 75.1 Å². The van der Waals surface area contributed by atoms with E-state index in [4.69, 9.17) is 8.92 Å². The molecule has 1 aromatic rings. The van der Waals surface area contributed by atoms with Crippen LogP contribution < -0.4 is 21.3 Å². The molecule has 28 heteroatoms. The molecule has 0 spiro atoms. The van der Waals surface area contributed by atoms with Crippen molar-refractivity contribution in [3.05, 3.63) is 54.1 Å². The van der Waals surface area contributed by atoms with Crippen molar-refractivity contribution in [2.75, 3.05) is 75.7 Å². The van der Waals surface area contributed by atoms with Gasteiger partial charge in [-0.2, -0.15) is 8.42 Å². The van der Waals surface area contributed by atoms with Gasteiger partial charge in [-0.3, -0.25) is 56.9 Å². The molecular formula is C73H123N11O16S. The highest BCUT2D eigenvalue weighted by molar-refractivity contribution is 7.86. The van der Waals surface area contributed by atoms with Gasteiger partial charge in [0.25, 0.3) is 10.1 Å². The largest absolute Gasteiger partial charge is 0.390 e. The number of benzene rings is 1. The molecule has 1 aromatic carbocycles. The van der Waals surface area contributed by atoms with E-state index >= 15 is 19.2 Å². The summed E-state index contributed by atoms with van der Waals surface area (Å²) in [7, 11) is 5.40. The Hall–Kier alpha value is -7.30. The van der Waals surface area contributed by atoms with E-state index in [2.05, 4.69) is 27.8 Å². The maximum absolute atomic E-state index is 15.4. The van der Waals surface area contributed by atoms with Crippen LogP contribution >= 0.6 is 0 Å². The second kappa shape index (κ2) is 41.1. The number of rotatable bonds is 23. The number of aliphatic hydroxyl groups is 1. The summed E-state index contributed by atoms with van der Waals surface area (Å²) in [4.78, 5) is 172. The van der Waals surface area contributed by atoms with E-state index in [1.807, 2.05) is 55.4 Å². The van der Waals surface area contributed by atoms with Crippen LogP contribution in [0.3, 0.4) is 0 Å². The van der Waals surface area contributed by atoms with Crippen molar-refractivity contribution in [2.24, 2.45) is 41.4 Å². The standard InChI is InChI=1S/C73H123N11O16S/c1-26-28-29-50(17)63(86)62-67(90)75-53(27-2)68(91)78(19)38-59(85)79(20)55(34-42(3)4)66(89)77-60(46(11)12)72(95)80(21)56(35-43(5)6)65(88)74-51(18)64(87)76-54(41-99-39-49(16)40-100-101(97,98)52-32-30-48(15)31-33-52)69(92)81(22)57(36-44(7)8)70(93)82(23)58(37-45(9)10)71(94)83(24)61(47(13)14)73(96)84(62)25/h26,28,30-33,42-47,50-51,53-58,60-63,86H,16,27,29,34-41H2,1-15,17-25H3,(H,74,88)(H,75,90)(H,76,87)(H,77,89)/b28-26+/t50-,51+,53+,54-,55+,56+,57+,58+,60+,61+,62+,63-/m1/s1. The van der Waals surface area contributed by atoms with E-state index in [1.165, 1.54) is 88.0 Å². The van der Waals surface area contributed by atoms with Crippen molar-refractivity contribution < 1.29 is 75.2 Å². The third-order valence-electron chi connectivity index (χ3n) is 18.3. The van der Waals surface area contributed by atoms with Crippen LogP contribution in [0.15, 0.2) is 53.5 Å². The van der Waals surface area contributed by atoms with Gasteiger partial charge in [0.1, 0.15) is 60.4 Å². The number of hydrogen-bond acceptors (Lipinski definition) is 16. The molecule has 1 aliphatic heterocycles. The molecule has 1 saturated heterocycles. The Kier molecular flexibility index (Phi) is 36.5. The fourth-order valence-electron chi connectivity index (χ4n) is 12.0. The number of nitrogens with one attached hydrogen (secondary N) is 4. The first-order valence-corrected chi connectivity index (χ1v) is 36.8. The maximum atomic E-state index is 15.4. The number of ether oxygens (including phenoxy) is 1. The first-order valence-electron chi connectivity index (χ1n) is 35.3. The van der Waals surface area contributed by atoms with Crippen molar-refractivity contribution in [1.82, 2.24) is 55.6 Å². The molecule has 0 aliphatic carbocycles. The summed E-state index contributed by atoms with van der Waals surface area (Å²) in [6.07, 6.45) is 2.55. The number of aliphatic hydroxyl groups excluding tert-OH is 1. The summed E-state index contributed by atoms with van der Waals surface area (Å²) in [5, 5.41) is 23.2. The quantitative estimate of drug-likeness (QED) is 0.0742. The number of carbonyl (C=O) groups is 11. The molecule has 1 heterocycles. The van der Waals surface area contributed by atoms with Gasteiger partial charge in [-0.05, 0) is 118 Å². The first kappa shape index (κ1) is 89.8. The van der Waals surface area contributed by atoms with E-state index in [1.54, 1.807) is 79.7 Å². The van der Waals surface area contributed by atoms with Crippen molar-refractivity contribution in [2.45, 2.75) is 228 Å². The Morgan fingerprint density at radius 3 is 1.50 bits per heavy atom. The number of amides is 11. The molecule has 0 bridgehead atoms. The topological polar surface area (TPSA) is 331 Å². The highest BCUT2D eigenvalue weighted by Crippen LogP contribution is 2.26. The number of carbonyl (C=O) groups excluding carboxylic acids is 11. The SMILES string of the molecule is C=C(COC[C@H]1NC(=O)[C@H](C)NC(=O)[C@H](CC(C)C)N(C)C(=O)[C@H](C(C)C)NC(=O)[C@H](CC(C)C)N(C)C(=O)CN(C)C(=O)[C@H](CC)NC(=O)[C@H]([C@H](O)[C@H](C)C/C=C/C)N(C)C(=O)[C@H](C(C)C)N(C)C(=O)[C@H](CC(C)C)N(C)C(=O)[C@H](CC(C)C)N(C)C1=O)COS(=O)(=O)c1ccc(C)cc1. The van der Waals surface area contributed by atoms with Gasteiger partial charge in [-0.1, -0.05) is 133 Å². The molecule has 12 atom stereocenters. The van der Waals surface area contributed by atoms with Crippen LogP contribution in [-0.4, -0.2) is 255 Å². The number of aryl methyl sites for hydroxylation is 1. The fraction of sp³-hybridized carbons (Fsp3) is 0.712. The van der Waals surface area contributed by atoms with Crippen molar-refractivity contribution in [3.63, 3.8) is 0 Å². The lowest BCUT2D eigenvalue weighted by atomic mass is 9.91. The minimum absolute atomic E-state index is 0.00890. The van der Waals surface area contributed by atoms with Gasteiger partial charge in [-0.15, -0.1) is 0 Å². The molecule has 1 fully saturated rings. The number of hydrogen-bond donors (Lipinski definition) is 5. The van der Waals surface area contributed by atoms with E-state index in [0.29, 0.717) is 0 Å². The summed E-state index contributed by atoms with van der Waals surface area (Å²) < 4.78 is 37.5. The lowest BCUT2D eigenvalue weighted by molar-refractivity contribution is -0.157. The Balaban J connectivity index is 3.07.